The van der Waals surface area contributed by atoms with Gasteiger partial charge >= 0.3 is 0 Å². The molecule has 0 aromatic heterocycles. The fourth-order valence-electron chi connectivity index (χ4n) is 2.63. The van der Waals surface area contributed by atoms with E-state index in [4.69, 9.17) is 5.11 Å². The second-order valence-electron chi connectivity index (χ2n) is 5.98. The Labute approximate surface area is 94.5 Å². The molecule has 1 saturated carbocycles. The van der Waals surface area contributed by atoms with E-state index in [0.717, 1.165) is 31.8 Å². The molecule has 0 saturated heterocycles. The predicted molar refractivity (Wildman–Crippen MR) is 64.9 cm³/mol. The van der Waals surface area contributed by atoms with Gasteiger partial charge in [-0.2, -0.15) is 0 Å². The van der Waals surface area contributed by atoms with Crippen molar-refractivity contribution in [1.29, 1.82) is 0 Å². The molecule has 0 spiro atoms. The molecule has 0 radical (unpaired) electrons. The average Bonchev–Trinajstić information content (AvgIpc) is 2.52. The first-order valence-electron chi connectivity index (χ1n) is 6.26. The molecule has 0 unspecified atom stereocenters. The Kier molecular flexibility index (Phi) is 4.19. The maximum absolute atomic E-state index is 8.64. The lowest BCUT2D eigenvalue weighted by Gasteiger charge is -2.05. The maximum atomic E-state index is 8.64. The minimum Gasteiger partial charge on any atom is -0.396 e. The molecular weight excluding hydrogens is 186 g/mol. The highest BCUT2D eigenvalue weighted by Gasteiger charge is 2.63. The summed E-state index contributed by atoms with van der Waals surface area (Å²) in [5.74, 6) is 0.822. The third kappa shape index (κ3) is 2.73. The van der Waals surface area contributed by atoms with E-state index in [-0.39, 0.29) is 0 Å². The van der Waals surface area contributed by atoms with Crippen molar-refractivity contribution < 1.29 is 5.11 Å². The number of nitrogens with one attached hydrogen (secondary N) is 1. The van der Waals surface area contributed by atoms with Crippen molar-refractivity contribution in [2.24, 2.45) is 16.7 Å². The lowest BCUT2D eigenvalue weighted by Crippen LogP contribution is -2.20. The van der Waals surface area contributed by atoms with Gasteiger partial charge in [-0.05, 0) is 49.1 Å². The lowest BCUT2D eigenvalue weighted by molar-refractivity contribution is 0.282. The monoisotopic (exact) mass is 213 g/mol. The molecule has 1 aliphatic carbocycles. The van der Waals surface area contributed by atoms with E-state index in [1.807, 2.05) is 0 Å². The highest BCUT2D eigenvalue weighted by atomic mass is 16.2. The van der Waals surface area contributed by atoms with E-state index in [0.29, 0.717) is 17.4 Å². The van der Waals surface area contributed by atoms with Crippen molar-refractivity contribution in [3.63, 3.8) is 0 Å². The highest BCUT2D eigenvalue weighted by molar-refractivity contribution is 5.12. The maximum Gasteiger partial charge on any atom is 0.0431 e. The summed E-state index contributed by atoms with van der Waals surface area (Å²) in [6.07, 6.45) is 3.27. The zero-order valence-corrected chi connectivity index (χ0v) is 10.8. The predicted octanol–water partition coefficient (Wildman–Crippen LogP) is 2.42. The molecule has 2 nitrogen and oxygen atoms in total. The first-order valence-corrected chi connectivity index (χ1v) is 6.26. The van der Waals surface area contributed by atoms with Crippen LogP contribution in [-0.2, 0) is 0 Å². The lowest BCUT2D eigenvalue weighted by atomic mass is 10.0. The molecule has 0 amide bonds. The van der Waals surface area contributed by atoms with Gasteiger partial charge in [-0.3, -0.25) is 0 Å². The molecule has 1 fully saturated rings. The first-order chi connectivity index (χ1) is 6.94. The molecule has 0 heterocycles. The Morgan fingerprint density at radius 2 is 1.60 bits per heavy atom. The second kappa shape index (κ2) is 4.84. The van der Waals surface area contributed by atoms with Gasteiger partial charge in [-0.25, -0.2) is 0 Å². The topological polar surface area (TPSA) is 32.3 Å². The van der Waals surface area contributed by atoms with Crippen LogP contribution in [0.15, 0.2) is 0 Å². The van der Waals surface area contributed by atoms with Crippen LogP contribution in [0.1, 0.15) is 47.0 Å². The standard InChI is InChI=1S/C13H27NO/c1-12(2)11(13(12,3)4)10-14-8-6-5-7-9-15/h11,14-15H,5-10H2,1-4H3. The van der Waals surface area contributed by atoms with Crippen molar-refractivity contribution in [1.82, 2.24) is 5.32 Å². The number of aliphatic hydroxyl groups is 1. The van der Waals surface area contributed by atoms with Crippen molar-refractivity contribution in [2.75, 3.05) is 19.7 Å². The van der Waals surface area contributed by atoms with Crippen molar-refractivity contribution in [3.05, 3.63) is 0 Å². The fourth-order valence-corrected chi connectivity index (χ4v) is 2.63. The quantitative estimate of drug-likeness (QED) is 0.637. The van der Waals surface area contributed by atoms with Gasteiger partial charge < -0.3 is 10.4 Å². The Morgan fingerprint density at radius 1 is 1.00 bits per heavy atom. The van der Waals surface area contributed by atoms with Crippen LogP contribution < -0.4 is 5.32 Å². The smallest absolute Gasteiger partial charge is 0.0431 e. The normalized spacial score (nSPS) is 23.0. The van der Waals surface area contributed by atoms with Gasteiger partial charge in [0.25, 0.3) is 0 Å². The SMILES string of the molecule is CC1(C)C(CNCCCCCO)C1(C)C. The summed E-state index contributed by atoms with van der Waals surface area (Å²) in [6.45, 7) is 12.1. The van der Waals surface area contributed by atoms with Crippen molar-refractivity contribution in [3.8, 4) is 0 Å². The molecule has 0 bridgehead atoms. The van der Waals surface area contributed by atoms with Gasteiger partial charge in [0, 0.05) is 6.61 Å². The number of aliphatic hydroxyl groups excluding tert-OH is 1. The summed E-state index contributed by atoms with van der Waals surface area (Å²) in [5.41, 5.74) is 1.01. The number of unbranched alkanes of at least 4 members (excludes halogenated alkanes) is 2. The molecule has 15 heavy (non-hydrogen) atoms. The summed E-state index contributed by atoms with van der Waals surface area (Å²) >= 11 is 0. The zero-order valence-electron chi connectivity index (χ0n) is 10.8. The Bertz CT molecular complexity index is 185. The number of hydrogen-bond acceptors (Lipinski definition) is 2. The summed E-state index contributed by atoms with van der Waals surface area (Å²) in [4.78, 5) is 0. The molecule has 0 aromatic carbocycles. The summed E-state index contributed by atoms with van der Waals surface area (Å²) in [7, 11) is 0. The van der Waals surface area contributed by atoms with E-state index in [1.165, 1.54) is 6.42 Å². The fraction of sp³-hybridized carbons (Fsp3) is 1.00. The molecule has 1 rings (SSSR count). The van der Waals surface area contributed by atoms with E-state index in [2.05, 4.69) is 33.0 Å². The number of hydrogen-bond donors (Lipinski definition) is 2. The van der Waals surface area contributed by atoms with E-state index >= 15 is 0 Å². The molecular formula is C13H27NO. The molecule has 0 aliphatic heterocycles. The van der Waals surface area contributed by atoms with Crippen LogP contribution in [0.5, 0.6) is 0 Å². The first kappa shape index (κ1) is 13.0. The van der Waals surface area contributed by atoms with Crippen LogP contribution in [0.25, 0.3) is 0 Å². The number of rotatable bonds is 7. The van der Waals surface area contributed by atoms with Crippen LogP contribution in [0, 0.1) is 16.7 Å². The van der Waals surface area contributed by atoms with Gasteiger partial charge in [0.2, 0.25) is 0 Å². The molecule has 90 valence electrons. The second-order valence-corrected chi connectivity index (χ2v) is 5.98. The third-order valence-corrected chi connectivity index (χ3v) is 4.68. The van der Waals surface area contributed by atoms with Crippen molar-refractivity contribution in [2.45, 2.75) is 47.0 Å². The van der Waals surface area contributed by atoms with Crippen LogP contribution in [0.3, 0.4) is 0 Å². The third-order valence-electron chi connectivity index (χ3n) is 4.68. The summed E-state index contributed by atoms with van der Waals surface area (Å²) in [5, 5.41) is 12.2. The Balaban J connectivity index is 2.03. The van der Waals surface area contributed by atoms with E-state index < -0.39 is 0 Å². The van der Waals surface area contributed by atoms with Crippen LogP contribution in [0.4, 0.5) is 0 Å². The highest BCUT2D eigenvalue weighted by Crippen LogP contribution is 2.67. The Hall–Kier alpha value is -0.0800. The largest absolute Gasteiger partial charge is 0.396 e. The van der Waals surface area contributed by atoms with Gasteiger partial charge in [-0.15, -0.1) is 0 Å². The zero-order chi connectivity index (χ0) is 11.5. The summed E-state index contributed by atoms with van der Waals surface area (Å²) in [6, 6.07) is 0. The van der Waals surface area contributed by atoms with E-state index in [9.17, 15) is 0 Å². The van der Waals surface area contributed by atoms with Gasteiger partial charge in [0.15, 0.2) is 0 Å². The molecule has 1 aliphatic rings. The van der Waals surface area contributed by atoms with Crippen LogP contribution >= 0.6 is 0 Å². The summed E-state index contributed by atoms with van der Waals surface area (Å²) < 4.78 is 0. The molecule has 2 heteroatoms. The van der Waals surface area contributed by atoms with Crippen molar-refractivity contribution >= 4 is 0 Å². The van der Waals surface area contributed by atoms with Gasteiger partial charge in [0.05, 0.1) is 0 Å². The molecule has 2 N–H and O–H groups in total. The van der Waals surface area contributed by atoms with Crippen LogP contribution in [0.2, 0.25) is 0 Å². The molecule has 0 atom stereocenters. The van der Waals surface area contributed by atoms with Crippen LogP contribution in [-0.4, -0.2) is 24.8 Å². The average molecular weight is 213 g/mol. The Morgan fingerprint density at radius 3 is 2.07 bits per heavy atom. The van der Waals surface area contributed by atoms with Gasteiger partial charge in [0.1, 0.15) is 0 Å². The molecule has 0 aromatic rings. The minimum atomic E-state index is 0.336. The van der Waals surface area contributed by atoms with E-state index in [1.54, 1.807) is 0 Å². The minimum absolute atomic E-state index is 0.336. The van der Waals surface area contributed by atoms with Gasteiger partial charge in [-0.1, -0.05) is 27.7 Å².